The van der Waals surface area contributed by atoms with Crippen molar-refractivity contribution in [2.24, 2.45) is 11.8 Å². The number of hydrogen-bond donors (Lipinski definition) is 1. The molecule has 2 aliphatic rings. The quantitative estimate of drug-likeness (QED) is 0.292. The van der Waals surface area contributed by atoms with Crippen LogP contribution >= 0.6 is 0 Å². The van der Waals surface area contributed by atoms with Crippen molar-refractivity contribution in [1.29, 1.82) is 0 Å². The van der Waals surface area contributed by atoms with Gasteiger partial charge in [-0.15, -0.1) is 0 Å². The van der Waals surface area contributed by atoms with Gasteiger partial charge in [0.15, 0.2) is 0 Å². The number of carbonyl (C=O) groups excluding carboxylic acids is 1. The Labute approximate surface area is 248 Å². The van der Waals surface area contributed by atoms with Crippen LogP contribution in [0.4, 0.5) is 0 Å². The van der Waals surface area contributed by atoms with Crippen LogP contribution in [-0.4, -0.2) is 74.7 Å². The monoisotopic (exact) mass is 575 g/mol. The molecule has 8 nitrogen and oxygen atoms in total. The number of benzene rings is 3. The van der Waals surface area contributed by atoms with Crippen molar-refractivity contribution in [3.05, 3.63) is 89.5 Å². The average molecular weight is 576 g/mol. The highest BCUT2D eigenvalue weighted by Gasteiger charge is 2.61. The van der Waals surface area contributed by atoms with E-state index in [0.717, 1.165) is 33.9 Å². The van der Waals surface area contributed by atoms with Crippen molar-refractivity contribution in [3.63, 3.8) is 0 Å². The fraction of sp³-hybridized carbons (Fsp3) is 0.441. The average Bonchev–Trinajstić information content (AvgIpc) is 3.24. The third-order valence-electron chi connectivity index (χ3n) is 9.20. The van der Waals surface area contributed by atoms with E-state index in [2.05, 4.69) is 4.90 Å². The summed E-state index contributed by atoms with van der Waals surface area (Å²) < 4.78 is 30.0. The molecule has 0 aliphatic carbocycles. The van der Waals surface area contributed by atoms with Crippen LogP contribution in [0.25, 0.3) is 0 Å². The van der Waals surface area contributed by atoms with E-state index in [1.54, 1.807) is 21.3 Å². The van der Waals surface area contributed by atoms with E-state index in [0.29, 0.717) is 0 Å². The fourth-order valence-corrected chi connectivity index (χ4v) is 7.12. The number of esters is 1. The smallest absolute Gasteiger partial charge is 0.303 e. The third-order valence-corrected chi connectivity index (χ3v) is 9.20. The molecule has 2 aliphatic heterocycles. The van der Waals surface area contributed by atoms with Gasteiger partial charge in [-0.05, 0) is 60.1 Å². The van der Waals surface area contributed by atoms with Gasteiger partial charge < -0.3 is 28.8 Å². The van der Waals surface area contributed by atoms with E-state index < -0.39 is 23.9 Å². The second-order valence-corrected chi connectivity index (χ2v) is 11.4. The van der Waals surface area contributed by atoms with Crippen LogP contribution in [0.2, 0.25) is 0 Å². The van der Waals surface area contributed by atoms with Crippen molar-refractivity contribution in [3.8, 4) is 17.2 Å². The van der Waals surface area contributed by atoms with Gasteiger partial charge in [-0.25, -0.2) is 0 Å². The van der Waals surface area contributed by atoms with Crippen molar-refractivity contribution >= 4 is 5.97 Å². The first-order valence-electron chi connectivity index (χ1n) is 14.3. The molecule has 2 fully saturated rings. The number of hydrogen-bond acceptors (Lipinski definition) is 8. The molecule has 0 saturated carbocycles. The molecule has 0 aromatic heterocycles. The van der Waals surface area contributed by atoms with E-state index in [9.17, 15) is 9.90 Å². The molecule has 5 rings (SSSR count). The topological polar surface area (TPSA) is 86.7 Å². The lowest BCUT2D eigenvalue weighted by molar-refractivity contribution is -0.161. The second kappa shape index (κ2) is 12.0. The Bertz CT molecular complexity index is 1240. The van der Waals surface area contributed by atoms with Gasteiger partial charge in [0, 0.05) is 24.8 Å². The predicted molar refractivity (Wildman–Crippen MR) is 159 cm³/mol. The SMILES string of the molecule is COc1ccc(C(O[C@H]2[C@@H](OC(C)=O)[C@@H]3C(C)C(O)C(C)[C@H]2N3C)(c2ccc(OC)cc2)c2ccc(OC)cc2)cc1. The van der Waals surface area contributed by atoms with E-state index >= 15 is 0 Å². The highest BCUT2D eigenvalue weighted by Crippen LogP contribution is 2.50. The van der Waals surface area contributed by atoms with Crippen LogP contribution in [0.5, 0.6) is 17.2 Å². The molecular weight excluding hydrogens is 534 g/mol. The Kier molecular flexibility index (Phi) is 8.51. The lowest BCUT2D eigenvalue weighted by Crippen LogP contribution is -2.55. The van der Waals surface area contributed by atoms with Gasteiger partial charge in [0.25, 0.3) is 0 Å². The Balaban J connectivity index is 1.76. The molecule has 3 unspecified atom stereocenters. The number of piperidine rings is 1. The van der Waals surface area contributed by atoms with Gasteiger partial charge in [-0.1, -0.05) is 50.2 Å². The third kappa shape index (κ3) is 5.02. The number of aliphatic hydroxyl groups is 1. The van der Waals surface area contributed by atoms with Crippen LogP contribution in [0.3, 0.4) is 0 Å². The highest BCUT2D eigenvalue weighted by atomic mass is 16.6. The molecule has 8 heteroatoms. The molecular formula is C34H41NO7. The van der Waals surface area contributed by atoms with Crippen LogP contribution in [-0.2, 0) is 19.9 Å². The summed E-state index contributed by atoms with van der Waals surface area (Å²) in [5, 5.41) is 11.3. The van der Waals surface area contributed by atoms with E-state index in [1.165, 1.54) is 6.92 Å². The molecule has 0 amide bonds. The zero-order chi connectivity index (χ0) is 30.2. The summed E-state index contributed by atoms with van der Waals surface area (Å²) in [5.41, 5.74) is 1.46. The minimum Gasteiger partial charge on any atom is -0.497 e. The Morgan fingerprint density at radius 2 is 1.05 bits per heavy atom. The van der Waals surface area contributed by atoms with Gasteiger partial charge in [0.1, 0.15) is 35.1 Å². The standard InChI is InChI=1S/C34H41NO7/c1-20-29-32(41-22(3)36)33(30(35(29)4)21(2)31(20)37)42-34(23-8-14-26(38-5)15-9-23,24-10-16-27(39-6)17-11-24)25-12-18-28(40-7)19-13-25/h8-21,29-33,37H,1-7H3/t20?,21?,29-,30+,31?,32-,33+/m0/s1. The van der Waals surface area contributed by atoms with Crippen LogP contribution < -0.4 is 14.2 Å². The number of nitrogens with zero attached hydrogens (tertiary/aromatic N) is 1. The summed E-state index contributed by atoms with van der Waals surface area (Å²) in [6.07, 6.45) is -1.73. The number of likely N-dealkylation sites (N-methyl/N-ethyl adjacent to an activating group) is 1. The van der Waals surface area contributed by atoms with Crippen LogP contribution in [0.15, 0.2) is 72.8 Å². The maximum absolute atomic E-state index is 12.5. The largest absolute Gasteiger partial charge is 0.497 e. The number of fused-ring (bicyclic) bond motifs is 2. The Morgan fingerprint density at radius 3 is 1.38 bits per heavy atom. The van der Waals surface area contributed by atoms with Gasteiger partial charge in [-0.2, -0.15) is 0 Å². The number of rotatable bonds is 9. The van der Waals surface area contributed by atoms with Gasteiger partial charge in [0.05, 0.1) is 33.5 Å². The molecule has 0 radical (unpaired) electrons. The van der Waals surface area contributed by atoms with Crippen LogP contribution in [0, 0.1) is 11.8 Å². The predicted octanol–water partition coefficient (Wildman–Crippen LogP) is 4.65. The lowest BCUT2D eigenvalue weighted by atomic mass is 9.79. The summed E-state index contributed by atoms with van der Waals surface area (Å²) in [6, 6.07) is 23.1. The number of carbonyl (C=O) groups is 1. The number of methoxy groups -OCH3 is 3. The molecule has 3 aromatic carbocycles. The van der Waals surface area contributed by atoms with E-state index in [1.807, 2.05) is 93.7 Å². The number of ether oxygens (including phenoxy) is 5. The molecule has 2 saturated heterocycles. The Morgan fingerprint density at radius 1 is 0.690 bits per heavy atom. The van der Waals surface area contributed by atoms with Crippen molar-refractivity contribution in [1.82, 2.24) is 4.90 Å². The molecule has 2 heterocycles. The van der Waals surface area contributed by atoms with E-state index in [-0.39, 0.29) is 29.9 Å². The second-order valence-electron chi connectivity index (χ2n) is 11.4. The zero-order valence-corrected chi connectivity index (χ0v) is 25.3. The first-order chi connectivity index (χ1) is 20.2. The van der Waals surface area contributed by atoms with E-state index in [4.69, 9.17) is 23.7 Å². The maximum atomic E-state index is 12.5. The minimum atomic E-state index is -1.14. The fourth-order valence-electron chi connectivity index (χ4n) is 7.12. The molecule has 0 spiro atoms. The number of aliphatic hydroxyl groups excluding tert-OH is 1. The van der Waals surface area contributed by atoms with Gasteiger partial charge in [0.2, 0.25) is 0 Å². The lowest BCUT2D eigenvalue weighted by Gasteiger charge is -2.45. The maximum Gasteiger partial charge on any atom is 0.303 e. The van der Waals surface area contributed by atoms with Crippen molar-refractivity contribution in [2.75, 3.05) is 28.4 Å². The zero-order valence-electron chi connectivity index (χ0n) is 25.3. The first-order valence-corrected chi connectivity index (χ1v) is 14.3. The first kappa shape index (κ1) is 29.9. The summed E-state index contributed by atoms with van der Waals surface area (Å²) in [4.78, 5) is 14.7. The van der Waals surface area contributed by atoms with Crippen LogP contribution in [0.1, 0.15) is 37.5 Å². The van der Waals surface area contributed by atoms with Crippen molar-refractivity contribution < 1.29 is 33.6 Å². The van der Waals surface area contributed by atoms with Crippen molar-refractivity contribution in [2.45, 2.75) is 56.8 Å². The molecule has 1 N–H and O–H groups in total. The summed E-state index contributed by atoms with van der Waals surface area (Å²) in [6.45, 7) is 5.48. The summed E-state index contributed by atoms with van der Waals surface area (Å²) >= 11 is 0. The van der Waals surface area contributed by atoms with Gasteiger partial charge >= 0.3 is 5.97 Å². The highest BCUT2D eigenvalue weighted by molar-refractivity contribution is 5.66. The molecule has 42 heavy (non-hydrogen) atoms. The Hall–Kier alpha value is -3.59. The molecule has 2 bridgehead atoms. The minimum absolute atomic E-state index is 0.128. The molecule has 7 atom stereocenters. The van der Waals surface area contributed by atoms with Gasteiger partial charge in [-0.3, -0.25) is 9.69 Å². The molecule has 3 aromatic rings. The summed E-state index contributed by atoms with van der Waals surface area (Å²) in [5.74, 6) is 1.52. The normalized spacial score (nSPS) is 27.4. The molecule has 224 valence electrons. The summed E-state index contributed by atoms with van der Waals surface area (Å²) in [7, 11) is 6.94.